The highest BCUT2D eigenvalue weighted by molar-refractivity contribution is 5.78. The molecule has 5 heteroatoms. The number of aliphatic hydroxyl groups is 1. The smallest absolute Gasteiger partial charge is 0.204 e. The molecule has 5 nitrogen and oxygen atoms in total. The van der Waals surface area contributed by atoms with Gasteiger partial charge in [0.15, 0.2) is 0 Å². The summed E-state index contributed by atoms with van der Waals surface area (Å²) in [5.41, 5.74) is 3.68. The summed E-state index contributed by atoms with van der Waals surface area (Å²) in [4.78, 5) is 4.78. The summed E-state index contributed by atoms with van der Waals surface area (Å²) in [7, 11) is 0. The minimum atomic E-state index is -0.172. The Hall–Kier alpha value is -2.84. The molecule has 0 amide bonds. The third-order valence-corrected chi connectivity index (χ3v) is 5.15. The Labute approximate surface area is 152 Å². The van der Waals surface area contributed by atoms with Gasteiger partial charge in [-0.25, -0.2) is 4.98 Å². The molecule has 1 saturated carbocycles. The Morgan fingerprint density at radius 1 is 1.08 bits per heavy atom. The highest BCUT2D eigenvalue weighted by Crippen LogP contribution is 2.26. The van der Waals surface area contributed by atoms with Gasteiger partial charge in [0.05, 0.1) is 35.3 Å². The molecule has 2 N–H and O–H groups in total. The number of aliphatic hydroxyl groups excluding tert-OH is 1. The van der Waals surface area contributed by atoms with Crippen LogP contribution in [0.3, 0.4) is 0 Å². The Bertz CT molecular complexity index is 948. The van der Waals surface area contributed by atoms with Crippen molar-refractivity contribution in [1.82, 2.24) is 9.55 Å². The number of nitrogens with one attached hydrogen (secondary N) is 1. The maximum Gasteiger partial charge on any atom is 0.204 e. The molecule has 0 bridgehead atoms. The molecular formula is C21H22N4O. The first kappa shape index (κ1) is 16.6. The Kier molecular flexibility index (Phi) is 4.59. The van der Waals surface area contributed by atoms with Crippen molar-refractivity contribution in [1.29, 1.82) is 5.26 Å². The van der Waals surface area contributed by atoms with Crippen LogP contribution >= 0.6 is 0 Å². The molecule has 0 spiro atoms. The summed E-state index contributed by atoms with van der Waals surface area (Å²) in [6, 6.07) is 18.4. The van der Waals surface area contributed by atoms with Gasteiger partial charge in [-0.1, -0.05) is 30.3 Å². The van der Waals surface area contributed by atoms with E-state index in [1.165, 1.54) is 0 Å². The first-order valence-electron chi connectivity index (χ1n) is 9.12. The monoisotopic (exact) mass is 346 g/mol. The van der Waals surface area contributed by atoms with Crippen LogP contribution in [0.5, 0.6) is 0 Å². The topological polar surface area (TPSA) is 73.9 Å². The van der Waals surface area contributed by atoms with Crippen LogP contribution in [-0.2, 0) is 6.54 Å². The van der Waals surface area contributed by atoms with E-state index in [0.717, 1.165) is 48.2 Å². The molecule has 3 aromatic rings. The molecule has 26 heavy (non-hydrogen) atoms. The zero-order chi connectivity index (χ0) is 17.9. The number of hydrogen-bond acceptors (Lipinski definition) is 4. The van der Waals surface area contributed by atoms with E-state index in [-0.39, 0.29) is 6.10 Å². The summed E-state index contributed by atoms with van der Waals surface area (Å²) in [5, 5.41) is 22.7. The Morgan fingerprint density at radius 3 is 2.62 bits per heavy atom. The van der Waals surface area contributed by atoms with Crippen LogP contribution in [0.4, 0.5) is 5.95 Å². The van der Waals surface area contributed by atoms with E-state index in [4.69, 9.17) is 4.98 Å². The molecule has 1 fully saturated rings. The average molecular weight is 346 g/mol. The number of benzene rings is 2. The predicted octanol–water partition coefficient (Wildman–Crippen LogP) is 3.67. The molecule has 0 atom stereocenters. The number of nitrogens with zero attached hydrogens (tertiary/aromatic N) is 3. The van der Waals surface area contributed by atoms with Gasteiger partial charge in [0.2, 0.25) is 5.95 Å². The second-order valence-electron chi connectivity index (χ2n) is 6.93. The lowest BCUT2D eigenvalue weighted by Gasteiger charge is -2.26. The van der Waals surface area contributed by atoms with E-state index in [1.807, 2.05) is 42.5 Å². The summed E-state index contributed by atoms with van der Waals surface area (Å²) in [5.74, 6) is 0.834. The predicted molar refractivity (Wildman–Crippen MR) is 102 cm³/mol. The van der Waals surface area contributed by atoms with E-state index in [0.29, 0.717) is 18.2 Å². The van der Waals surface area contributed by atoms with Gasteiger partial charge in [-0.2, -0.15) is 5.26 Å². The van der Waals surface area contributed by atoms with Crippen molar-refractivity contribution in [3.05, 3.63) is 59.7 Å². The zero-order valence-electron chi connectivity index (χ0n) is 14.6. The molecule has 4 rings (SSSR count). The fraction of sp³-hybridized carbons (Fsp3) is 0.333. The fourth-order valence-corrected chi connectivity index (χ4v) is 3.69. The number of nitriles is 1. The van der Waals surface area contributed by atoms with Gasteiger partial charge >= 0.3 is 0 Å². The van der Waals surface area contributed by atoms with Crippen LogP contribution < -0.4 is 5.32 Å². The second kappa shape index (κ2) is 7.19. The van der Waals surface area contributed by atoms with Crippen LogP contribution in [0.2, 0.25) is 0 Å². The molecule has 0 saturated heterocycles. The lowest BCUT2D eigenvalue weighted by atomic mass is 9.93. The van der Waals surface area contributed by atoms with Crippen molar-refractivity contribution in [2.45, 2.75) is 44.4 Å². The summed E-state index contributed by atoms with van der Waals surface area (Å²) >= 11 is 0. The summed E-state index contributed by atoms with van der Waals surface area (Å²) in [6.45, 7) is 0.599. The van der Waals surface area contributed by atoms with Crippen LogP contribution in [-0.4, -0.2) is 26.8 Å². The highest BCUT2D eigenvalue weighted by Gasteiger charge is 2.21. The van der Waals surface area contributed by atoms with Crippen molar-refractivity contribution in [2.24, 2.45) is 0 Å². The lowest BCUT2D eigenvalue weighted by Crippen LogP contribution is -2.29. The molecule has 0 aliphatic heterocycles. The summed E-state index contributed by atoms with van der Waals surface area (Å²) in [6.07, 6.45) is 3.37. The number of hydrogen-bond donors (Lipinski definition) is 2. The van der Waals surface area contributed by atoms with E-state index in [9.17, 15) is 10.4 Å². The maximum atomic E-state index is 9.74. The highest BCUT2D eigenvalue weighted by atomic mass is 16.3. The largest absolute Gasteiger partial charge is 0.393 e. The third-order valence-electron chi connectivity index (χ3n) is 5.15. The second-order valence-corrected chi connectivity index (χ2v) is 6.93. The normalized spacial score (nSPS) is 20.0. The van der Waals surface area contributed by atoms with Gasteiger partial charge in [0, 0.05) is 6.04 Å². The lowest BCUT2D eigenvalue weighted by molar-refractivity contribution is 0.126. The quantitative estimate of drug-likeness (QED) is 0.756. The average Bonchev–Trinajstić information content (AvgIpc) is 3.01. The first-order valence-corrected chi connectivity index (χ1v) is 9.12. The maximum absolute atomic E-state index is 9.74. The summed E-state index contributed by atoms with van der Waals surface area (Å²) < 4.78 is 2.15. The van der Waals surface area contributed by atoms with Crippen molar-refractivity contribution in [3.63, 3.8) is 0 Å². The van der Waals surface area contributed by atoms with Gasteiger partial charge in [-0.05, 0) is 49.4 Å². The van der Waals surface area contributed by atoms with Gasteiger partial charge < -0.3 is 15.0 Å². The van der Waals surface area contributed by atoms with Gasteiger partial charge in [0.1, 0.15) is 0 Å². The Morgan fingerprint density at radius 2 is 1.81 bits per heavy atom. The van der Waals surface area contributed by atoms with Crippen LogP contribution in [0, 0.1) is 11.3 Å². The molecule has 0 radical (unpaired) electrons. The fourth-order valence-electron chi connectivity index (χ4n) is 3.69. The number of imidazole rings is 1. The van der Waals surface area contributed by atoms with Crippen molar-refractivity contribution in [3.8, 4) is 6.07 Å². The molecule has 0 unspecified atom stereocenters. The van der Waals surface area contributed by atoms with Crippen LogP contribution in [0.1, 0.15) is 36.8 Å². The van der Waals surface area contributed by atoms with E-state index < -0.39 is 0 Å². The first-order chi connectivity index (χ1) is 12.7. The van der Waals surface area contributed by atoms with Gasteiger partial charge in [-0.15, -0.1) is 0 Å². The third kappa shape index (κ3) is 3.29. The minimum Gasteiger partial charge on any atom is -0.393 e. The molecule has 1 aliphatic carbocycles. The zero-order valence-corrected chi connectivity index (χ0v) is 14.6. The van der Waals surface area contributed by atoms with E-state index >= 15 is 0 Å². The van der Waals surface area contributed by atoms with Gasteiger partial charge in [-0.3, -0.25) is 0 Å². The molecule has 2 aromatic carbocycles. The van der Waals surface area contributed by atoms with Crippen molar-refractivity contribution in [2.75, 3.05) is 5.32 Å². The van der Waals surface area contributed by atoms with E-state index in [2.05, 4.69) is 22.0 Å². The van der Waals surface area contributed by atoms with Crippen LogP contribution in [0.15, 0.2) is 48.5 Å². The van der Waals surface area contributed by atoms with Crippen LogP contribution in [0.25, 0.3) is 11.0 Å². The number of anilines is 1. The molecule has 1 aromatic heterocycles. The SMILES string of the molecule is N#Cc1ccccc1Cn1c(NC2CCC(O)CC2)nc2ccccc21. The Balaban J connectivity index is 1.69. The number of fused-ring (bicyclic) bond motifs is 1. The molecule has 132 valence electrons. The number of aromatic nitrogens is 2. The minimum absolute atomic E-state index is 0.172. The standard InChI is InChI=1S/C21H22N4O/c22-13-15-5-1-2-6-16(15)14-25-20-8-4-3-7-19(20)24-21(25)23-17-9-11-18(26)12-10-17/h1-8,17-18,26H,9-12,14H2,(H,23,24). The number of rotatable bonds is 4. The van der Waals surface area contributed by atoms with Crippen molar-refractivity contribution >= 4 is 17.0 Å². The molecule has 1 heterocycles. The molecular weight excluding hydrogens is 324 g/mol. The van der Waals surface area contributed by atoms with Gasteiger partial charge in [0.25, 0.3) is 0 Å². The van der Waals surface area contributed by atoms with Crippen molar-refractivity contribution < 1.29 is 5.11 Å². The number of para-hydroxylation sites is 2. The van der Waals surface area contributed by atoms with E-state index in [1.54, 1.807) is 0 Å². The molecule has 1 aliphatic rings.